The van der Waals surface area contributed by atoms with Gasteiger partial charge in [0, 0.05) is 23.9 Å². The van der Waals surface area contributed by atoms with Gasteiger partial charge in [0.1, 0.15) is 17.2 Å². The van der Waals surface area contributed by atoms with Gasteiger partial charge >= 0.3 is 0 Å². The summed E-state index contributed by atoms with van der Waals surface area (Å²) in [5.41, 5.74) is 1.63. The zero-order valence-corrected chi connectivity index (χ0v) is 12.1. The molecule has 0 aliphatic heterocycles. The van der Waals surface area contributed by atoms with Crippen molar-refractivity contribution in [3.8, 4) is 17.2 Å². The lowest BCUT2D eigenvalue weighted by Crippen LogP contribution is -2.12. The minimum atomic E-state index is -0.397. The smallest absolute Gasteiger partial charge is 0.259 e. The van der Waals surface area contributed by atoms with Crippen LogP contribution in [-0.2, 0) is 0 Å². The monoisotopic (exact) mass is 287 g/mol. The summed E-state index contributed by atoms with van der Waals surface area (Å²) >= 11 is 0. The second-order valence-corrected chi connectivity index (χ2v) is 4.58. The number of benzene rings is 2. The molecule has 0 atom stereocenters. The minimum Gasteiger partial charge on any atom is -0.507 e. The Morgan fingerprint density at radius 1 is 1.05 bits per heavy atom. The largest absolute Gasteiger partial charge is 0.507 e. The van der Waals surface area contributed by atoms with Crippen LogP contribution in [0.4, 0.5) is 5.69 Å². The molecule has 0 saturated carbocycles. The van der Waals surface area contributed by atoms with Crippen LogP contribution in [-0.4, -0.2) is 25.2 Å². The number of phenols is 1. The lowest BCUT2D eigenvalue weighted by molar-refractivity contribution is 0.102. The van der Waals surface area contributed by atoms with Crippen LogP contribution in [0.2, 0.25) is 0 Å². The van der Waals surface area contributed by atoms with Gasteiger partial charge in [-0.05, 0) is 19.1 Å². The zero-order chi connectivity index (χ0) is 15.4. The molecule has 5 heteroatoms. The molecule has 2 aromatic carbocycles. The SMILES string of the molecule is COc1cc(NC(=O)c2cc(C)ccc2O)cc(OC)c1. The first-order valence-corrected chi connectivity index (χ1v) is 6.37. The van der Waals surface area contributed by atoms with Gasteiger partial charge in [-0.25, -0.2) is 0 Å². The van der Waals surface area contributed by atoms with Gasteiger partial charge in [0.25, 0.3) is 5.91 Å². The van der Waals surface area contributed by atoms with Crippen LogP contribution in [0.15, 0.2) is 36.4 Å². The number of nitrogens with one attached hydrogen (secondary N) is 1. The predicted octanol–water partition coefficient (Wildman–Crippen LogP) is 2.97. The van der Waals surface area contributed by atoms with E-state index in [-0.39, 0.29) is 11.3 Å². The summed E-state index contributed by atoms with van der Waals surface area (Å²) in [4.78, 5) is 12.2. The first-order chi connectivity index (χ1) is 10.0. The van der Waals surface area contributed by atoms with Gasteiger partial charge in [-0.3, -0.25) is 4.79 Å². The Hall–Kier alpha value is -2.69. The highest BCUT2D eigenvalue weighted by molar-refractivity contribution is 6.06. The maximum absolute atomic E-state index is 12.2. The van der Waals surface area contributed by atoms with E-state index in [0.29, 0.717) is 17.2 Å². The Bertz CT molecular complexity index is 645. The van der Waals surface area contributed by atoms with Crippen molar-refractivity contribution in [1.29, 1.82) is 0 Å². The molecule has 0 aromatic heterocycles. The van der Waals surface area contributed by atoms with Crippen molar-refractivity contribution in [3.05, 3.63) is 47.5 Å². The summed E-state index contributed by atoms with van der Waals surface area (Å²) in [5, 5.41) is 12.5. The highest BCUT2D eigenvalue weighted by atomic mass is 16.5. The molecule has 5 nitrogen and oxygen atoms in total. The number of anilines is 1. The second-order valence-electron chi connectivity index (χ2n) is 4.58. The van der Waals surface area contributed by atoms with E-state index in [1.807, 2.05) is 6.92 Å². The molecule has 0 aliphatic carbocycles. The van der Waals surface area contributed by atoms with Crippen molar-refractivity contribution in [2.45, 2.75) is 6.92 Å². The third-order valence-corrected chi connectivity index (χ3v) is 3.01. The highest BCUT2D eigenvalue weighted by Crippen LogP contribution is 2.27. The molecule has 0 bridgehead atoms. The number of rotatable bonds is 4. The standard InChI is InChI=1S/C16H17NO4/c1-10-4-5-15(18)14(6-10)16(19)17-11-7-12(20-2)9-13(8-11)21-3/h4-9,18H,1-3H3,(H,17,19). The molecular weight excluding hydrogens is 270 g/mol. The molecule has 0 aliphatic rings. The maximum Gasteiger partial charge on any atom is 0.259 e. The molecule has 110 valence electrons. The lowest BCUT2D eigenvalue weighted by atomic mass is 10.1. The fourth-order valence-electron chi connectivity index (χ4n) is 1.91. The zero-order valence-electron chi connectivity index (χ0n) is 12.1. The quantitative estimate of drug-likeness (QED) is 0.907. The molecule has 1 amide bonds. The second kappa shape index (κ2) is 6.17. The van der Waals surface area contributed by atoms with Gasteiger partial charge in [-0.15, -0.1) is 0 Å². The van der Waals surface area contributed by atoms with E-state index in [4.69, 9.17) is 9.47 Å². The van der Waals surface area contributed by atoms with E-state index in [9.17, 15) is 9.90 Å². The number of ether oxygens (including phenoxy) is 2. The van der Waals surface area contributed by atoms with E-state index in [1.54, 1.807) is 30.3 Å². The molecular formula is C16H17NO4. The van der Waals surface area contributed by atoms with Gasteiger partial charge in [-0.1, -0.05) is 11.6 Å². The van der Waals surface area contributed by atoms with Crippen LogP contribution in [0.1, 0.15) is 15.9 Å². The summed E-state index contributed by atoms with van der Waals surface area (Å²) in [7, 11) is 3.07. The Morgan fingerprint density at radius 3 is 2.24 bits per heavy atom. The average Bonchev–Trinajstić information content (AvgIpc) is 2.49. The highest BCUT2D eigenvalue weighted by Gasteiger charge is 2.12. The predicted molar refractivity (Wildman–Crippen MR) is 80.3 cm³/mol. The van der Waals surface area contributed by atoms with Gasteiger partial charge in [-0.2, -0.15) is 0 Å². The number of methoxy groups -OCH3 is 2. The van der Waals surface area contributed by atoms with Gasteiger partial charge < -0.3 is 19.9 Å². The average molecular weight is 287 g/mol. The number of aryl methyl sites for hydroxylation is 1. The van der Waals surface area contributed by atoms with Crippen molar-refractivity contribution in [2.75, 3.05) is 19.5 Å². The molecule has 2 rings (SSSR count). The van der Waals surface area contributed by atoms with Crippen molar-refractivity contribution in [2.24, 2.45) is 0 Å². The van der Waals surface area contributed by atoms with Crippen LogP contribution in [0, 0.1) is 6.92 Å². The summed E-state index contributed by atoms with van der Waals surface area (Å²) in [6, 6.07) is 9.92. The molecule has 2 aromatic rings. The first-order valence-electron chi connectivity index (χ1n) is 6.37. The van der Waals surface area contributed by atoms with Gasteiger partial charge in [0.2, 0.25) is 0 Å². The topological polar surface area (TPSA) is 67.8 Å². The van der Waals surface area contributed by atoms with E-state index in [2.05, 4.69) is 5.32 Å². The lowest BCUT2D eigenvalue weighted by Gasteiger charge is -2.11. The third kappa shape index (κ3) is 3.45. The van der Waals surface area contributed by atoms with Crippen molar-refractivity contribution >= 4 is 11.6 Å². The molecule has 0 heterocycles. The molecule has 0 fully saturated rings. The van der Waals surface area contributed by atoms with Crippen LogP contribution in [0.5, 0.6) is 17.2 Å². The van der Waals surface area contributed by atoms with Gasteiger partial charge in [0.15, 0.2) is 0 Å². The van der Waals surface area contributed by atoms with E-state index >= 15 is 0 Å². The van der Waals surface area contributed by atoms with E-state index < -0.39 is 5.91 Å². The number of hydrogen-bond acceptors (Lipinski definition) is 4. The van der Waals surface area contributed by atoms with Crippen molar-refractivity contribution < 1.29 is 19.4 Å². The summed E-state index contributed by atoms with van der Waals surface area (Å²) < 4.78 is 10.3. The van der Waals surface area contributed by atoms with Crippen molar-refractivity contribution in [3.63, 3.8) is 0 Å². The van der Waals surface area contributed by atoms with Crippen LogP contribution >= 0.6 is 0 Å². The number of hydrogen-bond donors (Lipinski definition) is 2. The number of carbonyl (C=O) groups excluding carboxylic acids is 1. The van der Waals surface area contributed by atoms with E-state index in [0.717, 1.165) is 5.56 Å². The van der Waals surface area contributed by atoms with Crippen LogP contribution < -0.4 is 14.8 Å². The van der Waals surface area contributed by atoms with Gasteiger partial charge in [0.05, 0.1) is 19.8 Å². The fraction of sp³-hybridized carbons (Fsp3) is 0.188. The number of amides is 1. The summed E-state index contributed by atoms with van der Waals surface area (Å²) in [5.74, 6) is 0.677. The Kier molecular flexibility index (Phi) is 4.33. The number of carbonyl (C=O) groups is 1. The molecule has 21 heavy (non-hydrogen) atoms. The molecule has 0 radical (unpaired) electrons. The fourth-order valence-corrected chi connectivity index (χ4v) is 1.91. The minimum absolute atomic E-state index is 0.0621. The van der Waals surface area contributed by atoms with Crippen LogP contribution in [0.25, 0.3) is 0 Å². The first kappa shape index (κ1) is 14.7. The molecule has 0 unspecified atom stereocenters. The maximum atomic E-state index is 12.2. The number of phenolic OH excluding ortho intramolecular Hbond substituents is 1. The normalized spacial score (nSPS) is 10.0. The molecule has 0 spiro atoms. The number of aromatic hydroxyl groups is 1. The van der Waals surface area contributed by atoms with Crippen LogP contribution in [0.3, 0.4) is 0 Å². The third-order valence-electron chi connectivity index (χ3n) is 3.01. The van der Waals surface area contributed by atoms with Crippen molar-refractivity contribution in [1.82, 2.24) is 0 Å². The molecule has 0 saturated heterocycles. The summed E-state index contributed by atoms with van der Waals surface area (Å²) in [6.07, 6.45) is 0. The van der Waals surface area contributed by atoms with E-state index in [1.165, 1.54) is 20.3 Å². The Labute approximate surface area is 123 Å². The Balaban J connectivity index is 2.28. The molecule has 2 N–H and O–H groups in total. The Morgan fingerprint density at radius 2 is 1.67 bits per heavy atom. The summed E-state index contributed by atoms with van der Waals surface area (Å²) in [6.45, 7) is 1.85.